The van der Waals surface area contributed by atoms with Crippen molar-refractivity contribution in [2.75, 3.05) is 0 Å². The van der Waals surface area contributed by atoms with Crippen LogP contribution >= 0.6 is 11.3 Å². The Balaban J connectivity index is 1.89. The number of amides is 1. The zero-order valence-electron chi connectivity index (χ0n) is 12.7. The second-order valence-corrected chi connectivity index (χ2v) is 6.16. The number of carbonyl (C=O) groups excluding carboxylic acids is 1. The first-order valence-corrected chi connectivity index (χ1v) is 8.01. The molecule has 1 aromatic heterocycles. The maximum absolute atomic E-state index is 12.0. The van der Waals surface area contributed by atoms with Crippen molar-refractivity contribution in [2.24, 2.45) is 0 Å². The highest BCUT2D eigenvalue weighted by molar-refractivity contribution is 7.07. The molecule has 2 N–H and O–H groups in total. The molecular weight excluding hydrogens is 300 g/mol. The minimum absolute atomic E-state index is 0.0173. The molecule has 2 rings (SSSR count). The topological polar surface area (TPSA) is 71.3 Å². The molecule has 1 aromatic carbocycles. The largest absolute Gasteiger partial charge is 0.391 e. The monoisotopic (exact) mass is 320 g/mol. The van der Waals surface area contributed by atoms with Gasteiger partial charge in [-0.3, -0.25) is 14.2 Å². The summed E-state index contributed by atoms with van der Waals surface area (Å²) in [6.45, 7) is 3.53. The Labute approximate surface area is 133 Å². The fraction of sp³-hybridized carbons (Fsp3) is 0.375. The van der Waals surface area contributed by atoms with Crippen LogP contribution in [0.15, 0.2) is 40.5 Å². The summed E-state index contributed by atoms with van der Waals surface area (Å²) in [5.74, 6) is -0.275. The van der Waals surface area contributed by atoms with Crippen LogP contribution in [-0.2, 0) is 17.8 Å². The van der Waals surface area contributed by atoms with E-state index in [9.17, 15) is 14.7 Å². The maximum atomic E-state index is 12.0. The molecule has 118 valence electrons. The smallest absolute Gasteiger partial charge is 0.307 e. The van der Waals surface area contributed by atoms with Crippen molar-refractivity contribution in [3.8, 4) is 0 Å². The fourth-order valence-electron chi connectivity index (χ4n) is 2.17. The number of thiazole rings is 1. The molecule has 5 nitrogen and oxygen atoms in total. The molecule has 2 atom stereocenters. The molecule has 0 saturated carbocycles. The quantitative estimate of drug-likeness (QED) is 0.843. The van der Waals surface area contributed by atoms with E-state index < -0.39 is 6.10 Å². The molecule has 0 aliphatic rings. The number of rotatable bonds is 6. The summed E-state index contributed by atoms with van der Waals surface area (Å²) in [6, 6.07) is 9.23. The van der Waals surface area contributed by atoms with Crippen LogP contribution in [0.1, 0.15) is 18.2 Å². The van der Waals surface area contributed by atoms with Crippen molar-refractivity contribution in [1.29, 1.82) is 0 Å². The van der Waals surface area contributed by atoms with Crippen LogP contribution in [0.3, 0.4) is 0 Å². The van der Waals surface area contributed by atoms with Gasteiger partial charge in [-0.2, -0.15) is 0 Å². The minimum Gasteiger partial charge on any atom is -0.391 e. The zero-order chi connectivity index (χ0) is 16.1. The van der Waals surface area contributed by atoms with Crippen molar-refractivity contribution in [3.63, 3.8) is 0 Å². The first-order chi connectivity index (χ1) is 10.5. The molecule has 0 radical (unpaired) electrons. The molecular formula is C16H20N2O3S. The summed E-state index contributed by atoms with van der Waals surface area (Å²) in [5, 5.41) is 14.6. The van der Waals surface area contributed by atoms with Crippen molar-refractivity contribution < 1.29 is 9.90 Å². The van der Waals surface area contributed by atoms with E-state index >= 15 is 0 Å². The van der Waals surface area contributed by atoms with Crippen LogP contribution in [0.5, 0.6) is 0 Å². The van der Waals surface area contributed by atoms with Gasteiger partial charge in [0.25, 0.3) is 0 Å². The van der Waals surface area contributed by atoms with E-state index in [2.05, 4.69) is 5.32 Å². The SMILES string of the molecule is Cc1csc(=O)n1CC(=O)NC(C)C(O)Cc1ccccc1. The number of hydrogen-bond acceptors (Lipinski definition) is 4. The van der Waals surface area contributed by atoms with Gasteiger partial charge in [-0.05, 0) is 19.4 Å². The van der Waals surface area contributed by atoms with Crippen LogP contribution < -0.4 is 10.2 Å². The molecule has 0 spiro atoms. The van der Waals surface area contributed by atoms with E-state index in [1.165, 1.54) is 4.57 Å². The van der Waals surface area contributed by atoms with Gasteiger partial charge in [0.05, 0.1) is 12.1 Å². The van der Waals surface area contributed by atoms with Gasteiger partial charge in [-0.1, -0.05) is 41.7 Å². The predicted octanol–water partition coefficient (Wildman–Crippen LogP) is 1.33. The average Bonchev–Trinajstić information content (AvgIpc) is 2.80. The molecule has 2 unspecified atom stereocenters. The Morgan fingerprint density at radius 3 is 2.64 bits per heavy atom. The number of carbonyl (C=O) groups is 1. The predicted molar refractivity (Wildman–Crippen MR) is 87.1 cm³/mol. The van der Waals surface area contributed by atoms with Crippen molar-refractivity contribution >= 4 is 17.2 Å². The molecule has 0 aliphatic carbocycles. The van der Waals surface area contributed by atoms with Crippen LogP contribution in [0.4, 0.5) is 0 Å². The second-order valence-electron chi connectivity index (χ2n) is 5.34. The lowest BCUT2D eigenvalue weighted by Crippen LogP contribution is -2.44. The summed E-state index contributed by atoms with van der Waals surface area (Å²) >= 11 is 1.08. The third-order valence-electron chi connectivity index (χ3n) is 3.53. The molecule has 1 heterocycles. The minimum atomic E-state index is -0.674. The fourth-order valence-corrected chi connectivity index (χ4v) is 2.90. The van der Waals surface area contributed by atoms with Crippen LogP contribution in [0, 0.1) is 6.92 Å². The molecule has 6 heteroatoms. The van der Waals surface area contributed by atoms with E-state index in [1.54, 1.807) is 19.2 Å². The van der Waals surface area contributed by atoms with Crippen LogP contribution in [0.2, 0.25) is 0 Å². The van der Waals surface area contributed by atoms with Crippen molar-refractivity contribution in [2.45, 2.75) is 39.0 Å². The Hall–Kier alpha value is -1.92. The zero-order valence-corrected chi connectivity index (χ0v) is 13.5. The number of aliphatic hydroxyl groups is 1. The van der Waals surface area contributed by atoms with Gasteiger partial charge in [-0.25, -0.2) is 0 Å². The van der Waals surface area contributed by atoms with Gasteiger partial charge in [0, 0.05) is 17.5 Å². The third kappa shape index (κ3) is 4.29. The van der Waals surface area contributed by atoms with Gasteiger partial charge in [0.15, 0.2) is 0 Å². The Kier molecular flexibility index (Phi) is 5.51. The standard InChI is InChI=1S/C16H20N2O3S/c1-11-10-22-16(21)18(11)9-15(20)17-12(2)14(19)8-13-6-4-3-5-7-13/h3-7,10,12,14,19H,8-9H2,1-2H3,(H,17,20). The van der Waals surface area contributed by atoms with E-state index in [0.29, 0.717) is 6.42 Å². The van der Waals surface area contributed by atoms with Crippen molar-refractivity contribution in [3.05, 3.63) is 56.6 Å². The lowest BCUT2D eigenvalue weighted by atomic mass is 10.0. The summed E-state index contributed by atoms with van der Waals surface area (Å²) < 4.78 is 1.43. The van der Waals surface area contributed by atoms with Gasteiger partial charge in [-0.15, -0.1) is 0 Å². The number of aryl methyl sites for hydroxylation is 1. The van der Waals surface area contributed by atoms with E-state index in [1.807, 2.05) is 30.3 Å². The molecule has 0 aliphatic heterocycles. The Bertz CT molecular complexity index is 678. The summed E-state index contributed by atoms with van der Waals surface area (Å²) in [6.07, 6.45) is -0.202. The average molecular weight is 320 g/mol. The molecule has 0 bridgehead atoms. The number of aliphatic hydroxyl groups excluding tert-OH is 1. The molecule has 0 fully saturated rings. The maximum Gasteiger partial charge on any atom is 0.307 e. The van der Waals surface area contributed by atoms with Crippen LogP contribution in [-0.4, -0.2) is 27.7 Å². The number of aromatic nitrogens is 1. The summed E-state index contributed by atoms with van der Waals surface area (Å²) in [4.78, 5) is 23.4. The first-order valence-electron chi connectivity index (χ1n) is 7.13. The van der Waals surface area contributed by atoms with Gasteiger partial charge >= 0.3 is 4.87 Å². The number of nitrogens with zero attached hydrogens (tertiary/aromatic N) is 1. The second kappa shape index (κ2) is 7.38. The highest BCUT2D eigenvalue weighted by Crippen LogP contribution is 2.06. The van der Waals surface area contributed by atoms with Crippen LogP contribution in [0.25, 0.3) is 0 Å². The molecule has 0 saturated heterocycles. The van der Waals surface area contributed by atoms with Gasteiger partial charge in [0.2, 0.25) is 5.91 Å². The van der Waals surface area contributed by atoms with E-state index in [-0.39, 0.29) is 23.4 Å². The third-order valence-corrected chi connectivity index (χ3v) is 4.41. The molecule has 1 amide bonds. The number of nitrogens with one attached hydrogen (secondary N) is 1. The number of benzene rings is 1. The normalized spacial score (nSPS) is 13.6. The van der Waals surface area contributed by atoms with Crippen molar-refractivity contribution in [1.82, 2.24) is 9.88 Å². The first kappa shape index (κ1) is 16.5. The highest BCUT2D eigenvalue weighted by Gasteiger charge is 2.18. The van der Waals surface area contributed by atoms with E-state index in [0.717, 1.165) is 22.6 Å². The summed E-state index contributed by atoms with van der Waals surface area (Å²) in [5.41, 5.74) is 1.78. The lowest BCUT2D eigenvalue weighted by molar-refractivity contribution is -0.123. The Morgan fingerprint density at radius 1 is 1.36 bits per heavy atom. The molecule has 22 heavy (non-hydrogen) atoms. The molecule has 2 aromatic rings. The number of hydrogen-bond donors (Lipinski definition) is 2. The van der Waals surface area contributed by atoms with Gasteiger partial charge in [0.1, 0.15) is 6.54 Å². The van der Waals surface area contributed by atoms with Gasteiger partial charge < -0.3 is 10.4 Å². The van der Waals surface area contributed by atoms with E-state index in [4.69, 9.17) is 0 Å². The Morgan fingerprint density at radius 2 is 2.05 bits per heavy atom. The lowest BCUT2D eigenvalue weighted by Gasteiger charge is -2.20. The highest BCUT2D eigenvalue weighted by atomic mass is 32.1. The summed E-state index contributed by atoms with van der Waals surface area (Å²) in [7, 11) is 0.